The van der Waals surface area contributed by atoms with Gasteiger partial charge < -0.3 is 10.2 Å². The van der Waals surface area contributed by atoms with Gasteiger partial charge in [0.1, 0.15) is 0 Å². The number of fused-ring (bicyclic) bond motifs is 1. The summed E-state index contributed by atoms with van der Waals surface area (Å²) in [5.41, 5.74) is 0. The van der Waals surface area contributed by atoms with Gasteiger partial charge in [-0.05, 0) is 37.1 Å². The van der Waals surface area contributed by atoms with Crippen LogP contribution in [0.3, 0.4) is 0 Å². The Kier molecular flexibility index (Phi) is 5.70. The monoisotopic (exact) mass is 334 g/mol. The molecule has 3 rings (SSSR count). The van der Waals surface area contributed by atoms with E-state index in [1.165, 1.54) is 11.3 Å². The van der Waals surface area contributed by atoms with Crippen LogP contribution < -0.4 is 5.32 Å². The van der Waals surface area contributed by atoms with Gasteiger partial charge in [-0.25, -0.2) is 0 Å². The van der Waals surface area contributed by atoms with Crippen molar-refractivity contribution in [2.24, 2.45) is 5.92 Å². The number of nitrogens with one attached hydrogen (secondary N) is 1. The summed E-state index contributed by atoms with van der Waals surface area (Å²) >= 11 is 1.50. The van der Waals surface area contributed by atoms with Gasteiger partial charge >= 0.3 is 0 Å². The minimum atomic E-state index is -0.0363. The molecule has 5 heteroatoms. The van der Waals surface area contributed by atoms with E-state index < -0.39 is 0 Å². The number of carbonyl (C=O) groups is 2. The van der Waals surface area contributed by atoms with Crippen LogP contribution >= 0.6 is 11.3 Å². The molecule has 0 spiro atoms. The molecule has 1 saturated carbocycles. The number of hydrogen-bond donors (Lipinski definition) is 1. The first-order chi connectivity index (χ1) is 11.3. The molecule has 0 aromatic carbocycles. The van der Waals surface area contributed by atoms with E-state index in [-0.39, 0.29) is 23.8 Å². The van der Waals surface area contributed by atoms with Crippen LogP contribution in [0.25, 0.3) is 0 Å². The molecule has 0 radical (unpaired) electrons. The van der Waals surface area contributed by atoms with E-state index in [1.807, 2.05) is 22.4 Å². The fourth-order valence-corrected chi connectivity index (χ4v) is 4.53. The Balaban J connectivity index is 1.85. The van der Waals surface area contributed by atoms with Crippen LogP contribution in [0.15, 0.2) is 17.5 Å². The third kappa shape index (κ3) is 3.94. The van der Waals surface area contributed by atoms with Gasteiger partial charge in [-0.15, -0.1) is 11.3 Å². The zero-order valence-electron chi connectivity index (χ0n) is 13.6. The Labute approximate surface area is 142 Å². The highest BCUT2D eigenvalue weighted by Crippen LogP contribution is 2.31. The fraction of sp³-hybridized carbons (Fsp3) is 0.667. The summed E-state index contributed by atoms with van der Waals surface area (Å²) in [6.45, 7) is 1.56. The van der Waals surface area contributed by atoms with Crippen molar-refractivity contribution in [1.82, 2.24) is 10.2 Å². The van der Waals surface area contributed by atoms with Gasteiger partial charge in [0.2, 0.25) is 5.91 Å². The predicted molar refractivity (Wildman–Crippen MR) is 92.6 cm³/mol. The van der Waals surface area contributed by atoms with Crippen LogP contribution in [0.2, 0.25) is 0 Å². The lowest BCUT2D eigenvalue weighted by Crippen LogP contribution is -2.51. The van der Waals surface area contributed by atoms with Crippen LogP contribution in [0.1, 0.15) is 61.0 Å². The molecule has 1 aliphatic carbocycles. The number of nitrogens with zero attached hydrogens (tertiary/aromatic N) is 1. The second-order valence-electron chi connectivity index (χ2n) is 6.64. The molecule has 2 aliphatic rings. The highest BCUT2D eigenvalue weighted by atomic mass is 32.1. The molecular weight excluding hydrogens is 308 g/mol. The maximum Gasteiger partial charge on any atom is 0.264 e. The van der Waals surface area contributed by atoms with Crippen molar-refractivity contribution in [3.8, 4) is 0 Å². The second kappa shape index (κ2) is 7.95. The quantitative estimate of drug-likeness (QED) is 0.855. The summed E-state index contributed by atoms with van der Waals surface area (Å²) < 4.78 is 0. The number of amides is 2. The van der Waals surface area contributed by atoms with Gasteiger partial charge in [0.05, 0.1) is 10.8 Å². The average Bonchev–Trinajstić information content (AvgIpc) is 3.10. The summed E-state index contributed by atoms with van der Waals surface area (Å²) in [5.74, 6) is 0.232. The number of rotatable bonds is 1. The lowest BCUT2D eigenvalue weighted by atomic mass is 9.82. The standard InChI is InChI=1S/C18H26N2O2S/c21-17-14-8-3-4-9-15(14)20(12-6-2-1-5-11-19-17)18(22)16-10-7-13-23-16/h7,10,13-15H,1-6,8-9,11-12H2,(H,19,21)/t14-,15+/m1/s1. The van der Waals surface area contributed by atoms with Gasteiger partial charge in [-0.1, -0.05) is 31.7 Å². The fourth-order valence-electron chi connectivity index (χ4n) is 3.85. The van der Waals surface area contributed by atoms with Gasteiger partial charge in [0, 0.05) is 19.1 Å². The van der Waals surface area contributed by atoms with Gasteiger partial charge in [0.25, 0.3) is 5.91 Å². The Bertz CT molecular complexity index is 529. The number of thiophene rings is 1. The molecule has 2 amide bonds. The molecule has 23 heavy (non-hydrogen) atoms. The topological polar surface area (TPSA) is 49.4 Å². The van der Waals surface area contributed by atoms with Crippen LogP contribution in [0.5, 0.6) is 0 Å². The third-order valence-electron chi connectivity index (χ3n) is 5.08. The molecule has 0 bridgehead atoms. The maximum absolute atomic E-state index is 13.0. The van der Waals surface area contributed by atoms with Crippen molar-refractivity contribution in [2.75, 3.05) is 13.1 Å². The molecule has 1 aliphatic heterocycles. The first kappa shape index (κ1) is 16.5. The molecule has 1 aromatic rings. The number of hydrogen-bond acceptors (Lipinski definition) is 3. The highest BCUT2D eigenvalue weighted by Gasteiger charge is 2.37. The van der Waals surface area contributed by atoms with Crippen LogP contribution in [-0.4, -0.2) is 35.8 Å². The largest absolute Gasteiger partial charge is 0.356 e. The summed E-state index contributed by atoms with van der Waals surface area (Å²) in [7, 11) is 0. The molecule has 4 nitrogen and oxygen atoms in total. The first-order valence-corrected chi connectivity index (χ1v) is 9.77. The van der Waals surface area contributed by atoms with Crippen molar-refractivity contribution in [3.63, 3.8) is 0 Å². The Morgan fingerprint density at radius 2 is 1.96 bits per heavy atom. The van der Waals surface area contributed by atoms with Crippen molar-refractivity contribution >= 4 is 23.2 Å². The van der Waals surface area contributed by atoms with Gasteiger partial charge in [-0.3, -0.25) is 9.59 Å². The zero-order valence-corrected chi connectivity index (χ0v) is 14.4. The molecule has 2 fully saturated rings. The van der Waals surface area contributed by atoms with Crippen LogP contribution in [0.4, 0.5) is 0 Å². The van der Waals surface area contributed by atoms with Crippen molar-refractivity contribution in [3.05, 3.63) is 22.4 Å². The van der Waals surface area contributed by atoms with Gasteiger partial charge in [0.15, 0.2) is 0 Å². The molecule has 0 unspecified atom stereocenters. The summed E-state index contributed by atoms with van der Waals surface area (Å²) in [4.78, 5) is 28.4. The van der Waals surface area contributed by atoms with Crippen molar-refractivity contribution < 1.29 is 9.59 Å². The molecule has 1 N–H and O–H groups in total. The smallest absolute Gasteiger partial charge is 0.264 e. The van der Waals surface area contributed by atoms with E-state index in [4.69, 9.17) is 0 Å². The molecule has 1 aromatic heterocycles. The Morgan fingerprint density at radius 3 is 2.78 bits per heavy atom. The normalized spacial score (nSPS) is 26.8. The third-order valence-corrected chi connectivity index (χ3v) is 5.94. The van der Waals surface area contributed by atoms with Crippen LogP contribution in [0, 0.1) is 5.92 Å². The predicted octanol–water partition coefficient (Wildman–Crippen LogP) is 3.44. The van der Waals surface area contributed by atoms with E-state index in [1.54, 1.807) is 0 Å². The Hall–Kier alpha value is -1.36. The summed E-state index contributed by atoms with van der Waals surface area (Å²) in [5, 5.41) is 5.05. The van der Waals surface area contributed by atoms with Gasteiger partial charge in [-0.2, -0.15) is 0 Å². The molecule has 126 valence electrons. The van der Waals surface area contributed by atoms with E-state index in [0.717, 1.165) is 69.3 Å². The maximum atomic E-state index is 13.0. The summed E-state index contributed by atoms with van der Waals surface area (Å²) in [6, 6.07) is 3.89. The van der Waals surface area contributed by atoms with E-state index in [2.05, 4.69) is 5.32 Å². The zero-order chi connectivity index (χ0) is 16.1. The highest BCUT2D eigenvalue weighted by molar-refractivity contribution is 7.12. The van der Waals surface area contributed by atoms with Crippen LogP contribution in [-0.2, 0) is 4.79 Å². The minimum Gasteiger partial charge on any atom is -0.356 e. The van der Waals surface area contributed by atoms with E-state index >= 15 is 0 Å². The van der Waals surface area contributed by atoms with E-state index in [0.29, 0.717) is 0 Å². The molecular formula is C18H26N2O2S. The second-order valence-corrected chi connectivity index (χ2v) is 7.59. The number of carbonyl (C=O) groups excluding carboxylic acids is 2. The SMILES string of the molecule is O=C1NCCCCCCN(C(=O)c2cccs2)[C@H]2CCCC[C@@H]12. The van der Waals surface area contributed by atoms with E-state index in [9.17, 15) is 9.59 Å². The Morgan fingerprint density at radius 1 is 1.13 bits per heavy atom. The molecule has 1 saturated heterocycles. The van der Waals surface area contributed by atoms with Crippen molar-refractivity contribution in [1.29, 1.82) is 0 Å². The molecule has 2 heterocycles. The lowest BCUT2D eigenvalue weighted by Gasteiger charge is -2.39. The lowest BCUT2D eigenvalue weighted by molar-refractivity contribution is -0.128. The summed E-state index contributed by atoms with van der Waals surface area (Å²) in [6.07, 6.45) is 8.40. The first-order valence-electron chi connectivity index (χ1n) is 8.89. The van der Waals surface area contributed by atoms with Crippen molar-refractivity contribution in [2.45, 2.75) is 57.4 Å². The minimum absolute atomic E-state index is 0.0363. The molecule has 2 atom stereocenters. The average molecular weight is 334 g/mol.